The smallest absolute Gasteiger partial charge is 0.0648 e. The molecule has 1 aromatic carbocycles. The van der Waals surface area contributed by atoms with Crippen molar-refractivity contribution in [2.75, 3.05) is 6.54 Å². The van der Waals surface area contributed by atoms with Crippen LogP contribution in [0.4, 0.5) is 0 Å². The van der Waals surface area contributed by atoms with Gasteiger partial charge in [-0.25, -0.2) is 4.68 Å². The summed E-state index contributed by atoms with van der Waals surface area (Å²) in [6, 6.07) is 10.9. The number of nitrogens with zero attached hydrogens (tertiary/aromatic N) is 2. The fraction of sp³-hybridized carbons (Fsp3) is 0.400. The summed E-state index contributed by atoms with van der Waals surface area (Å²) >= 11 is 0. The summed E-state index contributed by atoms with van der Waals surface area (Å²) in [5.74, 6) is 0. The Kier molecular flexibility index (Phi) is 3.15. The van der Waals surface area contributed by atoms with E-state index >= 15 is 0 Å². The van der Waals surface area contributed by atoms with Crippen LogP contribution in [-0.4, -0.2) is 16.3 Å². The highest BCUT2D eigenvalue weighted by atomic mass is 15.3. The first-order chi connectivity index (χ1) is 8.90. The van der Waals surface area contributed by atoms with Crippen LogP contribution in [0, 0.1) is 0 Å². The molecule has 1 N–H and O–H groups in total. The summed E-state index contributed by atoms with van der Waals surface area (Å²) in [6.45, 7) is 3.18. The van der Waals surface area contributed by atoms with Gasteiger partial charge in [-0.1, -0.05) is 25.1 Å². The van der Waals surface area contributed by atoms with Crippen LogP contribution < -0.4 is 5.32 Å². The lowest BCUT2D eigenvalue weighted by atomic mass is 9.93. The van der Waals surface area contributed by atoms with Gasteiger partial charge in [0, 0.05) is 17.3 Å². The Bertz CT molecular complexity index is 516. The predicted molar refractivity (Wildman–Crippen MR) is 72.9 cm³/mol. The fourth-order valence-electron chi connectivity index (χ4n) is 2.81. The second-order valence-corrected chi connectivity index (χ2v) is 4.80. The predicted octanol–water partition coefficient (Wildman–Crippen LogP) is 2.86. The number of hydrogen-bond acceptors (Lipinski definition) is 2. The van der Waals surface area contributed by atoms with E-state index < -0.39 is 0 Å². The number of aromatic nitrogens is 2. The van der Waals surface area contributed by atoms with Gasteiger partial charge in [0.05, 0.1) is 11.9 Å². The molecular formula is C15H19N3. The van der Waals surface area contributed by atoms with Crippen molar-refractivity contribution in [2.24, 2.45) is 0 Å². The second kappa shape index (κ2) is 4.94. The van der Waals surface area contributed by atoms with Crippen LogP contribution in [-0.2, 0) is 6.42 Å². The SMILES string of the molecule is CCNC1CCCc2c1cnn2-c1ccccc1. The first-order valence-corrected chi connectivity index (χ1v) is 6.75. The molecule has 2 aromatic rings. The third-order valence-corrected chi connectivity index (χ3v) is 3.63. The Morgan fingerprint density at radius 2 is 2.17 bits per heavy atom. The van der Waals surface area contributed by atoms with Crippen LogP contribution >= 0.6 is 0 Å². The van der Waals surface area contributed by atoms with Gasteiger partial charge in [0.25, 0.3) is 0 Å². The summed E-state index contributed by atoms with van der Waals surface area (Å²) in [5, 5.41) is 8.13. The van der Waals surface area contributed by atoms with Crippen LogP contribution in [0.25, 0.3) is 5.69 Å². The van der Waals surface area contributed by atoms with E-state index in [0.717, 1.165) is 18.7 Å². The van der Waals surface area contributed by atoms with E-state index in [0.29, 0.717) is 6.04 Å². The molecule has 3 rings (SSSR count). The molecule has 0 radical (unpaired) electrons. The molecular weight excluding hydrogens is 222 g/mol. The van der Waals surface area contributed by atoms with Gasteiger partial charge in [-0.2, -0.15) is 5.10 Å². The van der Waals surface area contributed by atoms with E-state index in [1.165, 1.54) is 24.1 Å². The van der Waals surface area contributed by atoms with Crippen molar-refractivity contribution in [3.8, 4) is 5.69 Å². The van der Waals surface area contributed by atoms with Gasteiger partial charge in [0.2, 0.25) is 0 Å². The Morgan fingerprint density at radius 3 is 2.94 bits per heavy atom. The van der Waals surface area contributed by atoms with Gasteiger partial charge < -0.3 is 5.32 Å². The van der Waals surface area contributed by atoms with Crippen molar-refractivity contribution >= 4 is 0 Å². The van der Waals surface area contributed by atoms with E-state index in [1.54, 1.807) is 0 Å². The number of fused-ring (bicyclic) bond motifs is 1. The molecule has 1 aromatic heterocycles. The number of nitrogens with one attached hydrogen (secondary N) is 1. The van der Waals surface area contributed by atoms with Crippen LogP contribution in [0.1, 0.15) is 37.1 Å². The van der Waals surface area contributed by atoms with Crippen molar-refractivity contribution < 1.29 is 0 Å². The monoisotopic (exact) mass is 241 g/mol. The Labute approximate surface area is 108 Å². The molecule has 1 atom stereocenters. The van der Waals surface area contributed by atoms with E-state index in [2.05, 4.69) is 46.3 Å². The van der Waals surface area contributed by atoms with Crippen LogP contribution in [0.2, 0.25) is 0 Å². The summed E-state index contributed by atoms with van der Waals surface area (Å²) in [4.78, 5) is 0. The Balaban J connectivity index is 2.00. The maximum atomic E-state index is 4.58. The maximum absolute atomic E-state index is 4.58. The summed E-state index contributed by atoms with van der Waals surface area (Å²) in [5.41, 5.74) is 3.92. The van der Waals surface area contributed by atoms with E-state index in [9.17, 15) is 0 Å². The molecule has 3 nitrogen and oxygen atoms in total. The molecule has 0 amide bonds. The van der Waals surface area contributed by atoms with Crippen LogP contribution in [0.5, 0.6) is 0 Å². The number of rotatable bonds is 3. The lowest BCUT2D eigenvalue weighted by Crippen LogP contribution is -2.24. The zero-order chi connectivity index (χ0) is 12.4. The number of benzene rings is 1. The summed E-state index contributed by atoms with van der Waals surface area (Å²) in [6.07, 6.45) is 5.63. The van der Waals surface area contributed by atoms with Gasteiger partial charge in [-0.15, -0.1) is 0 Å². The van der Waals surface area contributed by atoms with Crippen molar-refractivity contribution in [1.29, 1.82) is 0 Å². The molecule has 0 fully saturated rings. The zero-order valence-corrected chi connectivity index (χ0v) is 10.8. The molecule has 3 heteroatoms. The Morgan fingerprint density at radius 1 is 1.33 bits per heavy atom. The third kappa shape index (κ3) is 1.95. The van der Waals surface area contributed by atoms with Crippen molar-refractivity contribution in [2.45, 2.75) is 32.2 Å². The highest BCUT2D eigenvalue weighted by Gasteiger charge is 2.23. The highest BCUT2D eigenvalue weighted by molar-refractivity contribution is 5.36. The highest BCUT2D eigenvalue weighted by Crippen LogP contribution is 2.30. The molecule has 1 heterocycles. The Hall–Kier alpha value is -1.61. The minimum Gasteiger partial charge on any atom is -0.310 e. The lowest BCUT2D eigenvalue weighted by Gasteiger charge is -2.23. The molecule has 0 spiro atoms. The van der Waals surface area contributed by atoms with E-state index in [1.807, 2.05) is 12.3 Å². The number of hydrogen-bond donors (Lipinski definition) is 1. The van der Waals surface area contributed by atoms with Crippen LogP contribution in [0.3, 0.4) is 0 Å². The van der Waals surface area contributed by atoms with Gasteiger partial charge >= 0.3 is 0 Å². The largest absolute Gasteiger partial charge is 0.310 e. The molecule has 18 heavy (non-hydrogen) atoms. The van der Waals surface area contributed by atoms with Crippen molar-refractivity contribution in [3.63, 3.8) is 0 Å². The van der Waals surface area contributed by atoms with E-state index in [4.69, 9.17) is 0 Å². The number of para-hydroxylation sites is 1. The third-order valence-electron chi connectivity index (χ3n) is 3.63. The van der Waals surface area contributed by atoms with Gasteiger partial charge in [0.15, 0.2) is 0 Å². The molecule has 94 valence electrons. The molecule has 1 aliphatic carbocycles. The first-order valence-electron chi connectivity index (χ1n) is 6.75. The van der Waals surface area contributed by atoms with Crippen LogP contribution in [0.15, 0.2) is 36.5 Å². The average Bonchev–Trinajstić information content (AvgIpc) is 2.85. The van der Waals surface area contributed by atoms with Crippen molar-refractivity contribution in [1.82, 2.24) is 15.1 Å². The van der Waals surface area contributed by atoms with Gasteiger partial charge in [0.1, 0.15) is 0 Å². The van der Waals surface area contributed by atoms with Gasteiger partial charge in [-0.05, 0) is 37.9 Å². The molecule has 0 saturated heterocycles. The normalized spacial score (nSPS) is 18.6. The minimum absolute atomic E-state index is 0.483. The van der Waals surface area contributed by atoms with Gasteiger partial charge in [-0.3, -0.25) is 0 Å². The minimum atomic E-state index is 0.483. The standard InChI is InChI=1S/C15H19N3/c1-2-16-14-9-6-10-15-13(14)11-17-18(15)12-7-4-3-5-8-12/h3-5,7-8,11,14,16H,2,6,9-10H2,1H3. The summed E-state index contributed by atoms with van der Waals surface area (Å²) in [7, 11) is 0. The molecule has 0 saturated carbocycles. The second-order valence-electron chi connectivity index (χ2n) is 4.80. The maximum Gasteiger partial charge on any atom is 0.0648 e. The topological polar surface area (TPSA) is 29.9 Å². The van der Waals surface area contributed by atoms with E-state index in [-0.39, 0.29) is 0 Å². The molecule has 0 bridgehead atoms. The van der Waals surface area contributed by atoms with Crippen molar-refractivity contribution in [3.05, 3.63) is 47.8 Å². The first kappa shape index (κ1) is 11.5. The zero-order valence-electron chi connectivity index (χ0n) is 10.8. The fourth-order valence-corrected chi connectivity index (χ4v) is 2.81. The quantitative estimate of drug-likeness (QED) is 0.895. The molecule has 1 aliphatic rings. The lowest BCUT2D eigenvalue weighted by molar-refractivity contribution is 0.467. The average molecular weight is 241 g/mol. The summed E-state index contributed by atoms with van der Waals surface area (Å²) < 4.78 is 2.10. The molecule has 1 unspecified atom stereocenters. The molecule has 0 aliphatic heterocycles.